The lowest BCUT2D eigenvalue weighted by molar-refractivity contribution is -0.156. The number of hydrogen-bond donors (Lipinski definition) is 4. The smallest absolute Gasteiger partial charge is 0.353 e. The van der Waals surface area contributed by atoms with E-state index in [1.54, 1.807) is 24.3 Å². The van der Waals surface area contributed by atoms with Crippen LogP contribution < -0.4 is 5.32 Å². The summed E-state index contributed by atoms with van der Waals surface area (Å²) in [7, 11) is 0. The van der Waals surface area contributed by atoms with Crippen molar-refractivity contribution in [1.29, 1.82) is 0 Å². The molecule has 3 atom stereocenters. The molecule has 1 aromatic rings. The second-order valence-electron chi connectivity index (χ2n) is 6.02. The van der Waals surface area contributed by atoms with Gasteiger partial charge in [-0.3, -0.25) is 14.5 Å². The number of rotatable bonds is 6. The molecule has 0 spiro atoms. The van der Waals surface area contributed by atoms with Crippen molar-refractivity contribution < 1.29 is 29.7 Å². The van der Waals surface area contributed by atoms with Gasteiger partial charge in [0.1, 0.15) is 11.1 Å². The number of hydrogen-bond acceptors (Lipinski definition) is 6. The Labute approximate surface area is 153 Å². The van der Waals surface area contributed by atoms with Gasteiger partial charge < -0.3 is 20.6 Å². The highest BCUT2D eigenvalue weighted by Crippen LogP contribution is 2.53. The molecule has 1 saturated heterocycles. The highest BCUT2D eigenvalue weighted by atomic mass is 32.2. The number of benzene rings is 1. The van der Waals surface area contributed by atoms with Crippen LogP contribution in [0.5, 0.6) is 0 Å². The first-order chi connectivity index (χ1) is 12.4. The molecule has 0 bridgehead atoms. The van der Waals surface area contributed by atoms with Gasteiger partial charge in [-0.2, -0.15) is 0 Å². The maximum absolute atomic E-state index is 12.2. The molecule has 8 nitrogen and oxygen atoms in total. The van der Waals surface area contributed by atoms with E-state index >= 15 is 0 Å². The third-order valence-electron chi connectivity index (χ3n) is 4.31. The van der Waals surface area contributed by atoms with Crippen molar-refractivity contribution >= 4 is 34.5 Å². The van der Waals surface area contributed by atoms with Crippen LogP contribution in [0.3, 0.4) is 0 Å². The Balaban J connectivity index is 1.88. The SMILES string of the molecule is C[C@@H](O)[C@H]1C(=O)N2C(C(=O)O)=C(c3ccc(C(=O)NCCO)cc3)SC12. The molecule has 0 radical (unpaired) electrons. The van der Waals surface area contributed by atoms with Gasteiger partial charge in [0, 0.05) is 17.0 Å². The molecule has 4 N–H and O–H groups in total. The van der Waals surface area contributed by atoms with Gasteiger partial charge in [-0.1, -0.05) is 23.9 Å². The van der Waals surface area contributed by atoms with E-state index in [0.29, 0.717) is 16.0 Å². The largest absolute Gasteiger partial charge is 0.477 e. The fraction of sp³-hybridized carbons (Fsp3) is 0.353. The fourth-order valence-corrected chi connectivity index (χ4v) is 4.65. The minimum Gasteiger partial charge on any atom is -0.477 e. The van der Waals surface area contributed by atoms with Gasteiger partial charge in [0.05, 0.1) is 18.6 Å². The van der Waals surface area contributed by atoms with Crippen LogP contribution in [-0.2, 0) is 9.59 Å². The number of carbonyl (C=O) groups excluding carboxylic acids is 2. The molecule has 1 fully saturated rings. The summed E-state index contributed by atoms with van der Waals surface area (Å²) in [5.74, 6) is -2.58. The van der Waals surface area contributed by atoms with Gasteiger partial charge in [0.25, 0.3) is 5.91 Å². The first-order valence-electron chi connectivity index (χ1n) is 8.01. The Morgan fingerprint density at radius 2 is 1.96 bits per heavy atom. The van der Waals surface area contributed by atoms with Crippen molar-refractivity contribution in [1.82, 2.24) is 10.2 Å². The topological polar surface area (TPSA) is 127 Å². The first-order valence-corrected chi connectivity index (χ1v) is 8.89. The molecule has 0 aromatic heterocycles. The Hall–Kier alpha value is -2.36. The van der Waals surface area contributed by atoms with Gasteiger partial charge in [-0.15, -0.1) is 0 Å². The third kappa shape index (κ3) is 2.98. The number of carboxylic acid groups (broad SMARTS) is 1. The van der Waals surface area contributed by atoms with Crippen molar-refractivity contribution in [3.05, 3.63) is 41.1 Å². The van der Waals surface area contributed by atoms with Crippen molar-refractivity contribution in [3.63, 3.8) is 0 Å². The van der Waals surface area contributed by atoms with Crippen LogP contribution in [0, 0.1) is 5.92 Å². The highest BCUT2D eigenvalue weighted by Gasteiger charge is 2.57. The van der Waals surface area contributed by atoms with Crippen LogP contribution in [0.1, 0.15) is 22.8 Å². The van der Waals surface area contributed by atoms with Crippen molar-refractivity contribution in [3.8, 4) is 0 Å². The van der Waals surface area contributed by atoms with E-state index in [1.165, 1.54) is 23.6 Å². The predicted molar refractivity (Wildman–Crippen MR) is 93.8 cm³/mol. The number of amides is 2. The van der Waals surface area contributed by atoms with Crippen LogP contribution >= 0.6 is 11.8 Å². The number of aliphatic carboxylic acids is 1. The summed E-state index contributed by atoms with van der Waals surface area (Å²) in [4.78, 5) is 37.4. The molecular formula is C17H18N2O6S. The molecule has 0 saturated carbocycles. The zero-order valence-corrected chi connectivity index (χ0v) is 14.7. The summed E-state index contributed by atoms with van der Waals surface area (Å²) in [5, 5.41) is 30.1. The highest BCUT2D eigenvalue weighted by molar-refractivity contribution is 8.09. The predicted octanol–water partition coefficient (Wildman–Crippen LogP) is 0.0740. The third-order valence-corrected chi connectivity index (χ3v) is 5.72. The van der Waals surface area contributed by atoms with E-state index in [4.69, 9.17) is 5.11 Å². The number of nitrogens with zero attached hydrogens (tertiary/aromatic N) is 1. The number of aliphatic hydroxyl groups excluding tert-OH is 2. The van der Waals surface area contributed by atoms with Gasteiger partial charge in [0.15, 0.2) is 0 Å². The molecular weight excluding hydrogens is 360 g/mol. The van der Waals surface area contributed by atoms with Crippen molar-refractivity contribution in [2.75, 3.05) is 13.2 Å². The second-order valence-corrected chi connectivity index (χ2v) is 7.15. The summed E-state index contributed by atoms with van der Waals surface area (Å²) in [6, 6.07) is 6.34. The molecule has 1 unspecified atom stereocenters. The van der Waals surface area contributed by atoms with Crippen LogP contribution in [0.25, 0.3) is 4.91 Å². The average molecular weight is 378 g/mol. The summed E-state index contributed by atoms with van der Waals surface area (Å²) in [5.41, 5.74) is 0.862. The molecule has 1 aromatic carbocycles. The summed E-state index contributed by atoms with van der Waals surface area (Å²) < 4.78 is 0. The molecule has 26 heavy (non-hydrogen) atoms. The van der Waals surface area contributed by atoms with Crippen LogP contribution in [0.2, 0.25) is 0 Å². The standard InChI is InChI=1S/C17H18N2O6S/c1-8(21)11-15(23)19-12(17(24)25)13(26-16(11)19)9-2-4-10(5-3-9)14(22)18-6-7-20/h2-5,8,11,16,20-21H,6-7H2,1H3,(H,18,22)(H,24,25)/t8-,11+,16?/m1/s1. The maximum Gasteiger partial charge on any atom is 0.353 e. The number of fused-ring (bicyclic) bond motifs is 1. The zero-order chi connectivity index (χ0) is 19.0. The van der Waals surface area contributed by atoms with Gasteiger partial charge in [-0.05, 0) is 24.6 Å². The summed E-state index contributed by atoms with van der Waals surface area (Å²) in [6.45, 7) is 1.49. The van der Waals surface area contributed by atoms with E-state index in [-0.39, 0.29) is 24.8 Å². The van der Waals surface area contributed by atoms with E-state index in [9.17, 15) is 24.6 Å². The lowest BCUT2D eigenvalue weighted by Crippen LogP contribution is -2.60. The van der Waals surface area contributed by atoms with E-state index < -0.39 is 29.3 Å². The van der Waals surface area contributed by atoms with E-state index in [2.05, 4.69) is 5.32 Å². The van der Waals surface area contributed by atoms with Gasteiger partial charge >= 0.3 is 5.97 Å². The lowest BCUT2D eigenvalue weighted by atomic mass is 9.92. The normalized spacial score (nSPS) is 22.7. The number of nitrogens with one attached hydrogen (secondary N) is 1. The van der Waals surface area contributed by atoms with Crippen molar-refractivity contribution in [2.45, 2.75) is 18.4 Å². The Morgan fingerprint density at radius 3 is 2.50 bits per heavy atom. The van der Waals surface area contributed by atoms with Gasteiger partial charge in [0.2, 0.25) is 5.91 Å². The van der Waals surface area contributed by atoms with Crippen molar-refractivity contribution in [2.24, 2.45) is 5.92 Å². The number of aliphatic hydroxyl groups is 2. The maximum atomic E-state index is 12.2. The zero-order valence-electron chi connectivity index (χ0n) is 13.9. The van der Waals surface area contributed by atoms with Crippen LogP contribution in [-0.4, -0.2) is 62.6 Å². The first kappa shape index (κ1) is 18.4. The minimum absolute atomic E-state index is 0.0978. The molecule has 0 aliphatic carbocycles. The van der Waals surface area contributed by atoms with E-state index in [1.807, 2.05) is 0 Å². The number of thioether (sulfide) groups is 1. The molecule has 2 amide bonds. The Morgan fingerprint density at radius 1 is 1.31 bits per heavy atom. The molecule has 2 aliphatic heterocycles. The van der Waals surface area contributed by atoms with Crippen LogP contribution in [0.4, 0.5) is 0 Å². The Kier molecular flexibility index (Phi) is 5.03. The number of carboxylic acids is 1. The molecule has 138 valence electrons. The fourth-order valence-electron chi connectivity index (χ4n) is 3.03. The second kappa shape index (κ2) is 7.10. The quantitative estimate of drug-likeness (QED) is 0.516. The molecule has 2 aliphatic rings. The number of β-lactam (4-membered cyclic amide) rings is 1. The summed E-state index contributed by atoms with van der Waals surface area (Å²) >= 11 is 1.23. The average Bonchev–Trinajstić information content (AvgIpc) is 2.94. The monoisotopic (exact) mass is 378 g/mol. The number of carbonyl (C=O) groups is 3. The Bertz CT molecular complexity index is 789. The summed E-state index contributed by atoms with van der Waals surface area (Å²) in [6.07, 6.45) is -0.858. The molecule has 9 heteroatoms. The van der Waals surface area contributed by atoms with Crippen LogP contribution in [0.15, 0.2) is 30.0 Å². The lowest BCUT2D eigenvalue weighted by Gasteiger charge is -2.43. The van der Waals surface area contributed by atoms with E-state index in [0.717, 1.165) is 0 Å². The molecule has 2 heterocycles. The minimum atomic E-state index is -1.21. The molecule has 3 rings (SSSR count). The van der Waals surface area contributed by atoms with Gasteiger partial charge in [-0.25, -0.2) is 4.79 Å².